The van der Waals surface area contributed by atoms with Crippen LogP contribution in [0.1, 0.15) is 151 Å². The Hall–Kier alpha value is -9.96. The van der Waals surface area contributed by atoms with Crippen molar-refractivity contribution in [2.24, 2.45) is 20.6 Å². The molecule has 0 saturated heterocycles. The van der Waals surface area contributed by atoms with Crippen molar-refractivity contribution in [3.05, 3.63) is 244 Å². The van der Waals surface area contributed by atoms with E-state index in [4.69, 9.17) is 58.5 Å². The number of nitrogens with one attached hydrogen (secondary N) is 1. The first-order valence-electron chi connectivity index (χ1n) is 40.4. The molecule has 11 N–H and O–H groups in total. The molecule has 0 saturated carbocycles. The number of aryl methyl sites for hydroxylation is 5. The molecular weight excluding hydrogens is 2090 g/mol. The number of aliphatic hydroxyl groups excluding tert-OH is 1. The van der Waals surface area contributed by atoms with Gasteiger partial charge in [0.1, 0.15) is 85.4 Å². The quantitative estimate of drug-likeness (QED) is 0.00503. The van der Waals surface area contributed by atoms with E-state index < -0.39 is 97.3 Å². The van der Waals surface area contributed by atoms with Gasteiger partial charge in [0.15, 0.2) is 12.6 Å². The summed E-state index contributed by atoms with van der Waals surface area (Å²) in [5, 5.41) is 38.9. The Bertz CT molecular complexity index is 6610. The largest absolute Gasteiger partial charge is 2.00 e. The summed E-state index contributed by atoms with van der Waals surface area (Å²) in [6.07, 6.45) is 9.69. The van der Waals surface area contributed by atoms with Gasteiger partial charge in [-0.15, -0.1) is 58.8 Å². The number of amides is 1. The zero-order valence-electron chi connectivity index (χ0n) is 80.7. The van der Waals surface area contributed by atoms with Crippen molar-refractivity contribution < 1.29 is 150 Å². The van der Waals surface area contributed by atoms with Crippen LogP contribution in [0.3, 0.4) is 0 Å². The van der Waals surface area contributed by atoms with Crippen LogP contribution in [-0.2, 0) is 80.4 Å². The number of rotatable bonds is 26. The number of aliphatic hydroxyl groups is 1. The van der Waals surface area contributed by atoms with E-state index in [1.807, 2.05) is 152 Å². The van der Waals surface area contributed by atoms with Crippen LogP contribution in [0.4, 0.5) is 14.4 Å². The monoisotopic (exact) mass is 2200 g/mol. The summed E-state index contributed by atoms with van der Waals surface area (Å²) in [6, 6.07) is 46.7. The second kappa shape index (κ2) is 56.8. The first kappa shape index (κ1) is 126. The molecule has 0 radical (unpaired) electrons. The van der Waals surface area contributed by atoms with E-state index >= 15 is 0 Å². The van der Waals surface area contributed by atoms with Crippen molar-refractivity contribution in [2.75, 3.05) is 38.4 Å². The first-order chi connectivity index (χ1) is 64.0. The van der Waals surface area contributed by atoms with Crippen LogP contribution in [0, 0.1) is 41.0 Å². The SMILES string of the molecule is CC(C)(C)OC(=O)OC(=O)OC(C)(C)C.COC(=O)c1cc(S(N)(=O)=O)ccc1Oc1ccc(SC)c(C)c1.CSc1ccc(Oc2ccc(S(=O)(=O)NC(=O)OC(C)(C)C)cc2C=O)cc1C.CSc1ccc(Oc2ccc(S(N)(=O)=O)cc2C(=O)O)cc1C.CSc1ccc(Oc2ccc(S(N)(=O)=O)cc2C=O)cc1C.CSc1ccc(Oc2ccc(S(N)(=O)=O)cc2CO)cc1C.C[CH-]C.[Br-].[Mg+2]. The van der Waals surface area contributed by atoms with Gasteiger partial charge in [0, 0.05) is 30.0 Å². The second-order valence-corrected chi connectivity index (χ2v) is 43.9. The number of carboxylic acid groups (broad SMARTS) is 1. The normalized spacial score (nSPS) is 11.1. The Kier molecular flexibility index (Phi) is 51.1. The van der Waals surface area contributed by atoms with Crippen LogP contribution in [0.25, 0.3) is 0 Å². The summed E-state index contributed by atoms with van der Waals surface area (Å²) < 4.78 is 169. The number of hydrogen-bond acceptors (Lipinski definition) is 33. The minimum absolute atomic E-state index is 0. The van der Waals surface area contributed by atoms with Gasteiger partial charge >= 0.3 is 53.4 Å². The van der Waals surface area contributed by atoms with E-state index in [-0.39, 0.29) is 116 Å². The summed E-state index contributed by atoms with van der Waals surface area (Å²) in [6.45, 7) is 28.3. The third-order valence-corrected chi connectivity index (χ3v) is 26.6. The molecule has 0 spiro atoms. The number of carbonyl (C=O) groups is 7. The second-order valence-electron chi connectivity index (χ2n) is 31.7. The van der Waals surface area contributed by atoms with Crippen molar-refractivity contribution in [3.63, 3.8) is 0 Å². The van der Waals surface area contributed by atoms with E-state index in [0.29, 0.717) is 52.6 Å². The van der Waals surface area contributed by atoms with Crippen molar-refractivity contribution in [3.8, 4) is 57.5 Å². The maximum absolute atomic E-state index is 12.4. The van der Waals surface area contributed by atoms with Crippen molar-refractivity contribution in [1.29, 1.82) is 0 Å². The molecule has 34 nitrogen and oxygen atoms in total. The molecule has 140 heavy (non-hydrogen) atoms. The van der Waals surface area contributed by atoms with Gasteiger partial charge in [-0.25, -0.2) is 91.3 Å². The molecule has 0 aliphatic heterocycles. The molecule has 10 rings (SSSR count). The molecule has 0 fully saturated rings. The Morgan fingerprint density at radius 2 is 0.643 bits per heavy atom. The van der Waals surface area contributed by atoms with Crippen LogP contribution in [0.15, 0.2) is 231 Å². The number of aldehydes is 2. The van der Waals surface area contributed by atoms with Crippen LogP contribution in [0.2, 0.25) is 0 Å². The molecule has 0 heterocycles. The standard InChI is InChI=1S/C20H23NO6S2.C16H17NO5S2.C15H15NO5S2.C15H17NO4S2.C15H15NO4S2.C10H18O5.C3H7.BrH.Mg/c1-13-10-15(6-9-18(13)28-5)26-17-8-7-16(11-14(17)12-22)29(24,25)21-19(23)27-20(2,3)4;1-10-8-11(4-7-15(10)23-3)22-14-6-5-12(24(17,19)20)9-13(14)16(18)21-2;1-9-7-10(3-6-14(9)22-2)21-13-5-4-11(23(16,19)20)8-12(13)15(17)18;2*1-10-7-12(3-6-15(10)21-2)20-14-5-4-13(22(16,18)19)8-11(14)9-17;1-9(2,3)14-7(11)13-8(12)15-10(4,5)6;1-3-2;;/h6-12H,1-5H3,(H,21,23);4-9H,1-3H3,(H2,17,19,20);3-8H,1-2H3,(H,17,18)(H2,16,19,20);3-8,17H,9H2,1-2H3,(H2,16,18,19);3-9H,1-2H3,(H2,16,18,19);1-6H3;3H,1-2H3;1H;/q;;;;;;-1;;+2/p-1. The fourth-order valence-electron chi connectivity index (χ4n) is 11.0. The zero-order valence-corrected chi connectivity index (χ0v) is 91.8. The predicted octanol–water partition coefficient (Wildman–Crippen LogP) is 16.7. The van der Waals surface area contributed by atoms with E-state index in [1.165, 1.54) is 79.9 Å². The number of hydrogen-bond donors (Lipinski definition) is 7. The minimum Gasteiger partial charge on any atom is -1.00 e. The number of benzene rings is 10. The number of ether oxygens (including phenoxy) is 10. The molecule has 0 atom stereocenters. The molecule has 0 aromatic heterocycles. The van der Waals surface area contributed by atoms with Gasteiger partial charge < -0.3 is 81.0 Å². The molecule has 756 valence electrons. The topological polar surface area (TPSA) is 539 Å². The average molecular weight is 2200 g/mol. The Labute approximate surface area is 865 Å². The van der Waals surface area contributed by atoms with Crippen molar-refractivity contribution in [2.45, 2.75) is 183 Å². The third kappa shape index (κ3) is 42.7. The Morgan fingerprint density at radius 1 is 0.386 bits per heavy atom. The first-order valence-corrected chi connectivity index (χ1v) is 54.2. The smallest absolute Gasteiger partial charge is 1.00 e. The fraction of sp³-hybridized carbons (Fsp3) is 0.277. The van der Waals surface area contributed by atoms with E-state index in [0.717, 1.165) is 70.5 Å². The van der Waals surface area contributed by atoms with Gasteiger partial charge in [0.2, 0.25) is 40.1 Å². The number of aromatic carboxylic acids is 1. The number of carbonyl (C=O) groups excluding carboxylic acids is 6. The van der Waals surface area contributed by atoms with E-state index in [1.54, 1.807) is 151 Å². The number of primary sulfonamides is 4. The maximum Gasteiger partial charge on any atom is 2.00 e. The van der Waals surface area contributed by atoms with Crippen LogP contribution >= 0.6 is 58.8 Å². The van der Waals surface area contributed by atoms with Gasteiger partial charge in [-0.05, 0) is 338 Å². The molecule has 10 aromatic carbocycles. The Balaban J connectivity index is 0.000000567. The summed E-state index contributed by atoms with van der Waals surface area (Å²) >= 11 is 8.09. The number of nitrogens with two attached hydrogens (primary N) is 4. The van der Waals surface area contributed by atoms with Gasteiger partial charge in [-0.1, -0.05) is 0 Å². The van der Waals surface area contributed by atoms with Gasteiger partial charge in [-0.3, -0.25) is 9.59 Å². The molecule has 1 amide bonds. The fourth-order valence-corrected chi connectivity index (χ4v) is 17.0. The number of esters is 1. The number of carboxylic acids is 1. The average Bonchev–Trinajstić information content (AvgIpc) is 0.808. The van der Waals surface area contributed by atoms with E-state index in [9.17, 15) is 85.9 Å². The number of thioether (sulfide) groups is 5. The predicted molar refractivity (Wildman–Crippen MR) is 539 cm³/mol. The van der Waals surface area contributed by atoms with Gasteiger partial charge in [0.05, 0.1) is 49.3 Å². The maximum atomic E-state index is 12.4. The van der Waals surface area contributed by atoms with Crippen LogP contribution < -0.4 is 65.9 Å². The number of halogens is 1. The molecule has 0 unspecified atom stereocenters. The van der Waals surface area contributed by atoms with Gasteiger partial charge in [0.25, 0.3) is 10.0 Å². The van der Waals surface area contributed by atoms with Crippen molar-refractivity contribution in [1.82, 2.24) is 4.72 Å². The van der Waals surface area contributed by atoms with Crippen molar-refractivity contribution >= 4 is 175 Å². The van der Waals surface area contributed by atoms with Gasteiger partial charge in [-0.2, -0.15) is 13.8 Å². The molecule has 10 aromatic rings. The number of sulfonamides is 5. The Morgan fingerprint density at radius 3 is 0.914 bits per heavy atom. The third-order valence-electron chi connectivity index (χ3n) is 17.1. The summed E-state index contributed by atoms with van der Waals surface area (Å²) in [5.41, 5.74) is 3.15. The van der Waals surface area contributed by atoms with Crippen LogP contribution in [0.5, 0.6) is 57.5 Å². The minimum atomic E-state index is -4.21. The molecule has 0 bridgehead atoms. The summed E-state index contributed by atoms with van der Waals surface area (Å²) in [4.78, 5) is 84.4. The molecule has 0 aliphatic rings. The molecule has 0 aliphatic carbocycles. The molecular formula is C94H112BrMgN5O29S10. The summed E-state index contributed by atoms with van der Waals surface area (Å²) in [7, 11) is -18.6. The van der Waals surface area contributed by atoms with E-state index in [2.05, 4.69) is 9.47 Å². The number of methoxy groups -OCH3 is 1. The van der Waals surface area contributed by atoms with Crippen LogP contribution in [-0.4, -0.2) is 173 Å². The summed E-state index contributed by atoms with van der Waals surface area (Å²) in [5.74, 6) is 1.78. The zero-order chi connectivity index (χ0) is 105. The molecule has 46 heteroatoms.